The van der Waals surface area contributed by atoms with Gasteiger partial charge in [0.25, 0.3) is 0 Å². The second-order valence-corrected chi connectivity index (χ2v) is 13.3. The highest BCUT2D eigenvalue weighted by atomic mass is 16.3. The lowest BCUT2D eigenvalue weighted by molar-refractivity contribution is 0.666. The van der Waals surface area contributed by atoms with Crippen LogP contribution in [0.5, 0.6) is 0 Å². The first-order valence-corrected chi connectivity index (χ1v) is 17.4. The molecule has 3 heterocycles. The fraction of sp³-hybridized carbons (Fsp3) is 0. The summed E-state index contributed by atoms with van der Waals surface area (Å²) in [5, 5.41) is 7.09. The molecule has 0 saturated carbocycles. The molecule has 3 aromatic heterocycles. The average molecular weight is 651 g/mol. The van der Waals surface area contributed by atoms with Crippen molar-refractivity contribution >= 4 is 65.6 Å². The monoisotopic (exact) mass is 650 g/mol. The number of furan rings is 1. The third-order valence-corrected chi connectivity index (χ3v) is 10.5. The molecule has 238 valence electrons. The molecular formula is C48H30N2O. The zero-order valence-electron chi connectivity index (χ0n) is 27.6. The number of hydrogen-bond acceptors (Lipinski definition) is 1. The molecular weight excluding hydrogens is 621 g/mol. The van der Waals surface area contributed by atoms with Gasteiger partial charge in [-0.1, -0.05) is 121 Å². The highest BCUT2D eigenvalue weighted by Crippen LogP contribution is 2.43. The van der Waals surface area contributed by atoms with Crippen LogP contribution in [-0.2, 0) is 0 Å². The lowest BCUT2D eigenvalue weighted by atomic mass is 10.0. The van der Waals surface area contributed by atoms with E-state index in [0.29, 0.717) is 0 Å². The maximum absolute atomic E-state index is 6.66. The molecule has 3 heteroatoms. The number of rotatable bonds is 4. The van der Waals surface area contributed by atoms with Crippen LogP contribution in [-0.4, -0.2) is 9.13 Å². The Hall–Kier alpha value is -6.84. The normalized spacial score (nSPS) is 11.9. The van der Waals surface area contributed by atoms with Gasteiger partial charge < -0.3 is 13.6 Å². The Morgan fingerprint density at radius 3 is 1.47 bits per heavy atom. The lowest BCUT2D eigenvalue weighted by Crippen LogP contribution is -1.95. The van der Waals surface area contributed by atoms with Crippen molar-refractivity contribution in [3.8, 4) is 33.6 Å². The van der Waals surface area contributed by atoms with Crippen LogP contribution in [0.15, 0.2) is 186 Å². The molecule has 0 unspecified atom stereocenters. The maximum atomic E-state index is 6.66. The van der Waals surface area contributed by atoms with Crippen molar-refractivity contribution in [2.75, 3.05) is 0 Å². The Morgan fingerprint density at radius 2 is 0.824 bits per heavy atom. The molecule has 8 aromatic carbocycles. The first-order valence-electron chi connectivity index (χ1n) is 17.4. The Kier molecular flexibility index (Phi) is 5.96. The van der Waals surface area contributed by atoms with Crippen LogP contribution < -0.4 is 0 Å². The van der Waals surface area contributed by atoms with E-state index in [0.717, 1.165) is 44.3 Å². The smallest absolute Gasteiger partial charge is 0.159 e. The molecule has 0 spiro atoms. The van der Waals surface area contributed by atoms with Gasteiger partial charge in [-0.2, -0.15) is 0 Å². The van der Waals surface area contributed by atoms with E-state index in [-0.39, 0.29) is 0 Å². The minimum atomic E-state index is 0.891. The van der Waals surface area contributed by atoms with E-state index in [1.54, 1.807) is 0 Å². The molecule has 0 saturated heterocycles. The zero-order chi connectivity index (χ0) is 33.5. The summed E-state index contributed by atoms with van der Waals surface area (Å²) in [6.45, 7) is 0. The third kappa shape index (κ3) is 4.19. The summed E-state index contributed by atoms with van der Waals surface area (Å²) in [7, 11) is 0. The summed E-state index contributed by atoms with van der Waals surface area (Å²) in [5.74, 6) is 0. The van der Waals surface area contributed by atoms with Gasteiger partial charge in [0.05, 0.1) is 27.8 Å². The minimum Gasteiger partial charge on any atom is -0.454 e. The molecule has 0 amide bonds. The Balaban J connectivity index is 1.30. The molecule has 0 radical (unpaired) electrons. The molecule has 0 fully saturated rings. The van der Waals surface area contributed by atoms with Crippen LogP contribution >= 0.6 is 0 Å². The lowest BCUT2D eigenvalue weighted by Gasteiger charge is -2.10. The van der Waals surface area contributed by atoms with Crippen LogP contribution in [0.3, 0.4) is 0 Å². The van der Waals surface area contributed by atoms with Gasteiger partial charge in [0.15, 0.2) is 5.58 Å². The number of aromatic nitrogens is 2. The number of fused-ring (bicyclic) bond motifs is 9. The van der Waals surface area contributed by atoms with E-state index >= 15 is 0 Å². The second kappa shape index (κ2) is 10.8. The van der Waals surface area contributed by atoms with Crippen molar-refractivity contribution in [2.45, 2.75) is 0 Å². The molecule has 0 aliphatic rings. The van der Waals surface area contributed by atoms with Gasteiger partial charge in [-0.25, -0.2) is 0 Å². The van der Waals surface area contributed by atoms with Crippen molar-refractivity contribution < 1.29 is 4.42 Å². The SMILES string of the molecule is c1ccc(-c2ccc3c(c2)c2cc4c(cc2n3-c2ccccc2)c2cc(-c3ccccc3)ccc2n4-c2cccc3c2oc2ccccc23)cc1. The van der Waals surface area contributed by atoms with E-state index in [1.807, 2.05) is 6.07 Å². The number of hydrogen-bond donors (Lipinski definition) is 0. The molecule has 51 heavy (non-hydrogen) atoms. The van der Waals surface area contributed by atoms with Crippen LogP contribution in [0.25, 0.3) is 99.2 Å². The zero-order valence-corrected chi connectivity index (χ0v) is 27.6. The summed E-state index contributed by atoms with van der Waals surface area (Å²) in [6.07, 6.45) is 0. The summed E-state index contributed by atoms with van der Waals surface area (Å²) in [4.78, 5) is 0. The van der Waals surface area contributed by atoms with Crippen LogP contribution in [0.2, 0.25) is 0 Å². The van der Waals surface area contributed by atoms with Gasteiger partial charge >= 0.3 is 0 Å². The summed E-state index contributed by atoms with van der Waals surface area (Å²) in [5.41, 5.74) is 13.4. The first kappa shape index (κ1) is 28.0. The Labute approximate surface area is 293 Å². The van der Waals surface area contributed by atoms with Gasteiger partial charge in [0.2, 0.25) is 0 Å². The number of para-hydroxylation sites is 3. The van der Waals surface area contributed by atoms with Crippen molar-refractivity contribution in [1.29, 1.82) is 0 Å². The first-order chi connectivity index (χ1) is 25.3. The number of nitrogens with zero attached hydrogens (tertiary/aromatic N) is 2. The van der Waals surface area contributed by atoms with Crippen molar-refractivity contribution in [1.82, 2.24) is 9.13 Å². The predicted molar refractivity (Wildman–Crippen MR) is 213 cm³/mol. The average Bonchev–Trinajstić information content (AvgIpc) is 3.85. The molecule has 0 N–H and O–H groups in total. The van der Waals surface area contributed by atoms with Crippen LogP contribution in [0.1, 0.15) is 0 Å². The van der Waals surface area contributed by atoms with E-state index in [1.165, 1.54) is 54.8 Å². The third-order valence-electron chi connectivity index (χ3n) is 10.5. The Bertz CT molecular complexity index is 3110. The van der Waals surface area contributed by atoms with Crippen molar-refractivity contribution in [2.24, 2.45) is 0 Å². The topological polar surface area (TPSA) is 23.0 Å². The summed E-state index contributed by atoms with van der Waals surface area (Å²) >= 11 is 0. The van der Waals surface area contributed by atoms with E-state index in [4.69, 9.17) is 4.42 Å². The number of benzene rings is 8. The van der Waals surface area contributed by atoms with E-state index in [2.05, 4.69) is 185 Å². The van der Waals surface area contributed by atoms with Gasteiger partial charge in [-0.05, 0) is 82.9 Å². The fourth-order valence-electron chi connectivity index (χ4n) is 8.17. The molecule has 3 nitrogen and oxygen atoms in total. The standard InChI is InChI=1S/C48H30N2O/c1-4-13-31(14-5-1)33-23-25-42-38(27-33)40-30-46-41(29-45(40)49(42)35-17-8-3-9-18-35)39-28-34(32-15-6-2-7-16-32)24-26-43(39)50(46)44-21-12-20-37-36-19-10-11-22-47(36)51-48(37)44/h1-30H. The molecule has 11 aromatic rings. The van der Waals surface area contributed by atoms with Gasteiger partial charge in [0.1, 0.15) is 5.58 Å². The minimum absolute atomic E-state index is 0.891. The van der Waals surface area contributed by atoms with E-state index in [9.17, 15) is 0 Å². The molecule has 0 aliphatic heterocycles. The second-order valence-electron chi connectivity index (χ2n) is 13.3. The summed E-state index contributed by atoms with van der Waals surface area (Å²) < 4.78 is 11.5. The van der Waals surface area contributed by atoms with Gasteiger partial charge in [-0.15, -0.1) is 0 Å². The van der Waals surface area contributed by atoms with Crippen LogP contribution in [0.4, 0.5) is 0 Å². The quantitative estimate of drug-likeness (QED) is 0.186. The molecule has 0 bridgehead atoms. The maximum Gasteiger partial charge on any atom is 0.159 e. The van der Waals surface area contributed by atoms with Gasteiger partial charge in [-0.3, -0.25) is 0 Å². The summed E-state index contributed by atoms with van der Waals surface area (Å²) in [6, 6.07) is 65.5. The van der Waals surface area contributed by atoms with Crippen LogP contribution in [0, 0.1) is 0 Å². The van der Waals surface area contributed by atoms with Crippen molar-refractivity contribution in [3.05, 3.63) is 182 Å². The largest absolute Gasteiger partial charge is 0.454 e. The molecule has 11 rings (SSSR count). The highest BCUT2D eigenvalue weighted by Gasteiger charge is 2.21. The predicted octanol–water partition coefficient (Wildman–Crippen LogP) is 13.1. The van der Waals surface area contributed by atoms with Crippen molar-refractivity contribution in [3.63, 3.8) is 0 Å². The molecule has 0 atom stereocenters. The highest BCUT2D eigenvalue weighted by molar-refractivity contribution is 6.20. The van der Waals surface area contributed by atoms with E-state index < -0.39 is 0 Å². The Morgan fingerprint density at radius 1 is 0.314 bits per heavy atom. The van der Waals surface area contributed by atoms with Gasteiger partial charge in [0, 0.05) is 38.0 Å². The molecule has 0 aliphatic carbocycles. The fourth-order valence-corrected chi connectivity index (χ4v) is 8.17.